The first-order chi connectivity index (χ1) is 12.5. The van der Waals surface area contributed by atoms with Crippen LogP contribution in [0.4, 0.5) is 13.2 Å². The highest BCUT2D eigenvalue weighted by Gasteiger charge is 2.19. The lowest BCUT2D eigenvalue weighted by molar-refractivity contribution is 0.111. The molecule has 1 aromatic carbocycles. The molecule has 0 saturated heterocycles. The van der Waals surface area contributed by atoms with E-state index in [4.69, 9.17) is 0 Å². The summed E-state index contributed by atoms with van der Waals surface area (Å²) < 4.78 is 41.6. The second-order valence-electron chi connectivity index (χ2n) is 6.04. The molecule has 0 unspecified atom stereocenters. The Kier molecular flexibility index (Phi) is 6.95. The zero-order chi connectivity index (χ0) is 19.1. The van der Waals surface area contributed by atoms with E-state index in [9.17, 15) is 18.0 Å². The van der Waals surface area contributed by atoms with E-state index in [2.05, 4.69) is 11.9 Å². The van der Waals surface area contributed by atoms with Gasteiger partial charge in [0.2, 0.25) is 0 Å². The van der Waals surface area contributed by atoms with Crippen LogP contribution in [0.25, 0.3) is 17.3 Å². The van der Waals surface area contributed by atoms with E-state index in [1.165, 1.54) is 12.1 Å². The third-order valence-electron chi connectivity index (χ3n) is 4.02. The van der Waals surface area contributed by atoms with Crippen LogP contribution in [-0.4, -0.2) is 29.8 Å². The molecular weight excluding hydrogens is 341 g/mol. The summed E-state index contributed by atoms with van der Waals surface area (Å²) in [5.74, 6) is -3.00. The van der Waals surface area contributed by atoms with Crippen LogP contribution in [0.5, 0.6) is 0 Å². The summed E-state index contributed by atoms with van der Waals surface area (Å²) in [6, 6.07) is 3.72. The van der Waals surface area contributed by atoms with Gasteiger partial charge in [0.25, 0.3) is 0 Å². The van der Waals surface area contributed by atoms with Gasteiger partial charge in [0.05, 0.1) is 17.5 Å². The van der Waals surface area contributed by atoms with Crippen LogP contribution in [-0.2, 0) is 0 Å². The third-order valence-corrected chi connectivity index (χ3v) is 4.02. The highest BCUT2D eigenvalue weighted by molar-refractivity contribution is 5.84. The zero-order valence-electron chi connectivity index (χ0n) is 14.8. The Morgan fingerprint density at radius 2 is 1.92 bits per heavy atom. The number of hydrogen-bond donors (Lipinski definition) is 0. The van der Waals surface area contributed by atoms with Crippen molar-refractivity contribution in [3.63, 3.8) is 0 Å². The molecule has 0 spiro atoms. The number of halogens is 3. The normalized spacial score (nSPS) is 11.1. The van der Waals surface area contributed by atoms with Gasteiger partial charge in [-0.1, -0.05) is 19.8 Å². The van der Waals surface area contributed by atoms with E-state index in [0.717, 1.165) is 38.1 Å². The first kappa shape index (κ1) is 19.7. The van der Waals surface area contributed by atoms with E-state index >= 15 is 0 Å². The topological polar surface area (TPSA) is 33.2 Å². The highest BCUT2D eigenvalue weighted by atomic mass is 19.2. The first-order valence-electron chi connectivity index (χ1n) is 8.45. The van der Waals surface area contributed by atoms with Gasteiger partial charge in [-0.3, -0.25) is 9.78 Å². The molecule has 1 heterocycles. The molecule has 2 aromatic rings. The van der Waals surface area contributed by atoms with Crippen LogP contribution in [0, 0.1) is 17.5 Å². The molecule has 0 aliphatic carbocycles. The van der Waals surface area contributed by atoms with E-state index < -0.39 is 17.5 Å². The molecular formula is C20H21F3N2O. The van der Waals surface area contributed by atoms with Gasteiger partial charge in [-0.2, -0.15) is 0 Å². The largest absolute Gasteiger partial charge is 0.380 e. The molecule has 0 saturated carbocycles. The number of rotatable bonds is 8. The Morgan fingerprint density at radius 1 is 1.15 bits per heavy atom. The van der Waals surface area contributed by atoms with Crippen LogP contribution in [0.15, 0.2) is 30.6 Å². The summed E-state index contributed by atoms with van der Waals surface area (Å²) in [7, 11) is 1.87. The number of carbonyl (C=O) groups is 1. The van der Waals surface area contributed by atoms with Gasteiger partial charge in [0.1, 0.15) is 5.82 Å². The average Bonchev–Trinajstić information content (AvgIpc) is 2.63. The predicted octanol–water partition coefficient (Wildman–Crippen LogP) is 5.07. The van der Waals surface area contributed by atoms with Crippen molar-refractivity contribution in [2.75, 3.05) is 13.6 Å². The number of hydrogen-bond acceptors (Lipinski definition) is 3. The number of benzene rings is 1. The summed E-state index contributed by atoms with van der Waals surface area (Å²) in [5.41, 5.74) is -0.151. The standard InChI is InChI=1S/C20H21F3N2O/c1-3-4-5-9-25(2)10-8-14-11-16(18-7-6-15(21)12-24-18)19(22)20(23)17(14)13-26/h6-8,10-13H,3-5,9H2,1-2H3/b10-8-. The molecule has 26 heavy (non-hydrogen) atoms. The second-order valence-corrected chi connectivity index (χ2v) is 6.04. The first-order valence-corrected chi connectivity index (χ1v) is 8.45. The van der Waals surface area contributed by atoms with Crippen LogP contribution in [0.3, 0.4) is 0 Å². The lowest BCUT2D eigenvalue weighted by atomic mass is 10.0. The fourth-order valence-electron chi connectivity index (χ4n) is 2.53. The monoisotopic (exact) mass is 362 g/mol. The van der Waals surface area contributed by atoms with Gasteiger partial charge >= 0.3 is 0 Å². The minimum Gasteiger partial charge on any atom is -0.380 e. The van der Waals surface area contributed by atoms with Crippen LogP contribution in [0.1, 0.15) is 42.1 Å². The number of aromatic nitrogens is 1. The number of carbonyl (C=O) groups excluding carboxylic acids is 1. The van der Waals surface area contributed by atoms with E-state index in [0.29, 0.717) is 0 Å². The summed E-state index contributed by atoms with van der Waals surface area (Å²) in [4.78, 5) is 16.9. The average molecular weight is 362 g/mol. The molecule has 0 fully saturated rings. The second kappa shape index (κ2) is 9.17. The van der Waals surface area contributed by atoms with Crippen molar-refractivity contribution in [2.24, 2.45) is 0 Å². The van der Waals surface area contributed by atoms with Crippen molar-refractivity contribution < 1.29 is 18.0 Å². The maximum Gasteiger partial charge on any atom is 0.170 e. The molecule has 0 atom stereocenters. The van der Waals surface area contributed by atoms with Crippen molar-refractivity contribution in [1.82, 2.24) is 9.88 Å². The summed E-state index contributed by atoms with van der Waals surface area (Å²) in [5, 5.41) is 0. The third kappa shape index (κ3) is 4.71. The van der Waals surface area contributed by atoms with Crippen LogP contribution in [0.2, 0.25) is 0 Å². The molecule has 0 N–H and O–H groups in total. The number of pyridine rings is 1. The van der Waals surface area contributed by atoms with Crippen molar-refractivity contribution >= 4 is 12.4 Å². The molecule has 6 heteroatoms. The molecule has 0 aliphatic rings. The Bertz CT molecular complexity index is 789. The molecule has 0 aliphatic heterocycles. The molecule has 0 bridgehead atoms. The predicted molar refractivity (Wildman–Crippen MR) is 96.1 cm³/mol. The van der Waals surface area contributed by atoms with Gasteiger partial charge < -0.3 is 4.90 Å². The minimum atomic E-state index is -1.24. The molecule has 0 radical (unpaired) electrons. The van der Waals surface area contributed by atoms with Gasteiger partial charge in [-0.05, 0) is 42.5 Å². The van der Waals surface area contributed by atoms with Crippen molar-refractivity contribution in [1.29, 1.82) is 0 Å². The lowest BCUT2D eigenvalue weighted by Crippen LogP contribution is -2.12. The quantitative estimate of drug-likeness (QED) is 0.485. The maximum absolute atomic E-state index is 14.3. The van der Waals surface area contributed by atoms with Gasteiger partial charge in [-0.25, -0.2) is 13.2 Å². The Labute approximate surface area is 151 Å². The molecule has 2 rings (SSSR count). The van der Waals surface area contributed by atoms with E-state index in [1.54, 1.807) is 12.3 Å². The zero-order valence-corrected chi connectivity index (χ0v) is 14.8. The van der Waals surface area contributed by atoms with Gasteiger partial charge in [0, 0.05) is 19.2 Å². The van der Waals surface area contributed by atoms with Crippen molar-refractivity contribution in [2.45, 2.75) is 26.2 Å². The molecule has 138 valence electrons. The van der Waals surface area contributed by atoms with Crippen LogP contribution < -0.4 is 0 Å². The summed E-state index contributed by atoms with van der Waals surface area (Å²) in [6.07, 6.45) is 7.71. The molecule has 0 amide bonds. The number of aldehydes is 1. The summed E-state index contributed by atoms with van der Waals surface area (Å²) in [6.45, 7) is 2.93. The number of nitrogens with zero attached hydrogens (tertiary/aromatic N) is 2. The fourth-order valence-corrected chi connectivity index (χ4v) is 2.53. The Balaban J connectivity index is 2.38. The fraction of sp³-hybridized carbons (Fsp3) is 0.300. The van der Waals surface area contributed by atoms with Crippen molar-refractivity contribution in [3.05, 3.63) is 59.2 Å². The van der Waals surface area contributed by atoms with Crippen LogP contribution >= 0.6 is 0 Å². The summed E-state index contributed by atoms with van der Waals surface area (Å²) >= 11 is 0. The Hall–Kier alpha value is -2.63. The molecule has 3 nitrogen and oxygen atoms in total. The molecule has 1 aromatic heterocycles. The lowest BCUT2D eigenvalue weighted by Gasteiger charge is -2.14. The number of unbranched alkanes of at least 4 members (excludes halogenated alkanes) is 2. The SMILES string of the molecule is CCCCCN(C)/C=C\c1cc(-c2ccc(F)cn2)c(F)c(F)c1C=O. The Morgan fingerprint density at radius 3 is 2.54 bits per heavy atom. The van der Waals surface area contributed by atoms with E-state index in [1.807, 2.05) is 11.9 Å². The highest BCUT2D eigenvalue weighted by Crippen LogP contribution is 2.28. The van der Waals surface area contributed by atoms with Gasteiger partial charge in [-0.15, -0.1) is 0 Å². The maximum atomic E-state index is 14.3. The smallest absolute Gasteiger partial charge is 0.170 e. The van der Waals surface area contributed by atoms with E-state index in [-0.39, 0.29) is 28.7 Å². The van der Waals surface area contributed by atoms with Crippen molar-refractivity contribution in [3.8, 4) is 11.3 Å². The van der Waals surface area contributed by atoms with Gasteiger partial charge in [0.15, 0.2) is 17.9 Å². The minimum absolute atomic E-state index is 0.0891.